The molecular weight excluding hydrogens is 284 g/mol. The maximum atomic E-state index is 12.4. The molecule has 3 nitrogen and oxygen atoms in total. The lowest BCUT2D eigenvalue weighted by Gasteiger charge is -2.06. The number of rotatable bonds is 3. The smallest absolute Gasteiger partial charge is 0.267 e. The van der Waals surface area contributed by atoms with Crippen LogP contribution in [0.2, 0.25) is 0 Å². The van der Waals surface area contributed by atoms with Gasteiger partial charge < -0.3 is 0 Å². The van der Waals surface area contributed by atoms with Crippen molar-refractivity contribution in [1.29, 1.82) is 0 Å². The average Bonchev–Trinajstić information content (AvgIpc) is 2.59. The summed E-state index contributed by atoms with van der Waals surface area (Å²) in [5.41, 5.74) is 6.25. The van der Waals surface area contributed by atoms with E-state index in [9.17, 15) is 4.79 Å². The van der Waals surface area contributed by atoms with E-state index in [1.165, 1.54) is 5.56 Å². The molecule has 0 unspecified atom stereocenters. The first-order valence-corrected chi connectivity index (χ1v) is 7.54. The first-order chi connectivity index (χ1) is 11.1. The fourth-order valence-corrected chi connectivity index (χ4v) is 2.48. The van der Waals surface area contributed by atoms with Crippen LogP contribution in [0.5, 0.6) is 0 Å². The van der Waals surface area contributed by atoms with Gasteiger partial charge in [0, 0.05) is 5.56 Å². The van der Waals surface area contributed by atoms with Crippen molar-refractivity contribution >= 4 is 22.4 Å². The minimum atomic E-state index is -0.201. The summed E-state index contributed by atoms with van der Waals surface area (Å²) in [6.45, 7) is 3.92. The van der Waals surface area contributed by atoms with Crippen LogP contribution >= 0.6 is 0 Å². The van der Waals surface area contributed by atoms with E-state index in [4.69, 9.17) is 0 Å². The van der Waals surface area contributed by atoms with Crippen molar-refractivity contribution < 1.29 is 4.79 Å². The highest BCUT2D eigenvalue weighted by Gasteiger charge is 2.09. The highest BCUT2D eigenvalue weighted by molar-refractivity contribution is 6.07. The lowest BCUT2D eigenvalue weighted by atomic mass is 10.0. The van der Waals surface area contributed by atoms with Gasteiger partial charge in [0.05, 0.1) is 5.71 Å². The molecule has 0 bridgehead atoms. The molecule has 0 fully saturated rings. The number of hydrogen-bond donors (Lipinski definition) is 1. The van der Waals surface area contributed by atoms with Crippen molar-refractivity contribution in [3.05, 3.63) is 83.4 Å². The molecule has 3 aromatic rings. The lowest BCUT2D eigenvalue weighted by molar-refractivity contribution is 0.0956. The van der Waals surface area contributed by atoms with Gasteiger partial charge in [0.25, 0.3) is 5.91 Å². The van der Waals surface area contributed by atoms with E-state index in [2.05, 4.69) is 10.5 Å². The van der Waals surface area contributed by atoms with Crippen molar-refractivity contribution in [2.45, 2.75) is 13.8 Å². The van der Waals surface area contributed by atoms with E-state index in [0.29, 0.717) is 5.56 Å². The van der Waals surface area contributed by atoms with E-state index in [0.717, 1.165) is 22.0 Å². The number of nitrogens with one attached hydrogen (secondary N) is 1. The number of fused-ring (bicyclic) bond motifs is 1. The molecule has 3 aromatic carbocycles. The summed E-state index contributed by atoms with van der Waals surface area (Å²) in [7, 11) is 0. The van der Waals surface area contributed by atoms with E-state index in [-0.39, 0.29) is 5.91 Å². The molecule has 0 heterocycles. The summed E-state index contributed by atoms with van der Waals surface area (Å²) in [6, 6.07) is 21.6. The topological polar surface area (TPSA) is 41.5 Å². The molecule has 0 radical (unpaired) electrons. The molecule has 1 N–H and O–H groups in total. The van der Waals surface area contributed by atoms with Crippen LogP contribution in [0, 0.1) is 6.92 Å². The Balaban J connectivity index is 1.83. The molecule has 0 spiro atoms. The lowest BCUT2D eigenvalue weighted by Crippen LogP contribution is -2.19. The number of nitrogens with zero attached hydrogens (tertiary/aromatic N) is 1. The van der Waals surface area contributed by atoms with E-state index >= 15 is 0 Å². The van der Waals surface area contributed by atoms with Gasteiger partial charge in [-0.05, 0) is 36.2 Å². The van der Waals surface area contributed by atoms with E-state index in [1.807, 2.05) is 80.6 Å². The van der Waals surface area contributed by atoms with Gasteiger partial charge in [-0.3, -0.25) is 4.79 Å². The molecule has 0 aliphatic heterocycles. The molecule has 0 saturated heterocycles. The second-order valence-corrected chi connectivity index (χ2v) is 5.53. The van der Waals surface area contributed by atoms with Crippen molar-refractivity contribution in [3.8, 4) is 0 Å². The molecule has 1 amide bonds. The Kier molecular flexibility index (Phi) is 4.20. The van der Waals surface area contributed by atoms with Crippen LogP contribution in [0.25, 0.3) is 10.8 Å². The summed E-state index contributed by atoms with van der Waals surface area (Å²) in [6.07, 6.45) is 0. The first-order valence-electron chi connectivity index (χ1n) is 7.54. The molecular formula is C20H18N2O. The van der Waals surface area contributed by atoms with Crippen LogP contribution in [-0.4, -0.2) is 11.6 Å². The molecule has 114 valence electrons. The second kappa shape index (κ2) is 6.44. The van der Waals surface area contributed by atoms with Crippen LogP contribution in [-0.2, 0) is 0 Å². The number of benzene rings is 3. The van der Waals surface area contributed by atoms with Crippen LogP contribution in [0.3, 0.4) is 0 Å². The number of hydrogen-bond acceptors (Lipinski definition) is 2. The fourth-order valence-electron chi connectivity index (χ4n) is 2.48. The predicted octanol–water partition coefficient (Wildman–Crippen LogP) is 4.30. The van der Waals surface area contributed by atoms with Gasteiger partial charge >= 0.3 is 0 Å². The van der Waals surface area contributed by atoms with Crippen LogP contribution in [0.15, 0.2) is 71.8 Å². The van der Waals surface area contributed by atoms with Crippen LogP contribution in [0.4, 0.5) is 0 Å². The third-order valence-electron chi connectivity index (χ3n) is 3.83. The van der Waals surface area contributed by atoms with Gasteiger partial charge in [-0.1, -0.05) is 66.2 Å². The first kappa shape index (κ1) is 15.0. The number of carbonyl (C=O) groups is 1. The maximum Gasteiger partial charge on any atom is 0.272 e. The van der Waals surface area contributed by atoms with Gasteiger partial charge in [-0.15, -0.1) is 0 Å². The highest BCUT2D eigenvalue weighted by Crippen LogP contribution is 2.18. The summed E-state index contributed by atoms with van der Waals surface area (Å²) in [5.74, 6) is -0.201. The zero-order chi connectivity index (χ0) is 16.2. The normalized spacial score (nSPS) is 11.5. The highest BCUT2D eigenvalue weighted by atomic mass is 16.2. The van der Waals surface area contributed by atoms with Gasteiger partial charge in [-0.2, -0.15) is 5.10 Å². The van der Waals surface area contributed by atoms with E-state index < -0.39 is 0 Å². The number of carbonyl (C=O) groups excluding carboxylic acids is 1. The molecule has 0 atom stereocenters. The third-order valence-corrected chi connectivity index (χ3v) is 3.83. The monoisotopic (exact) mass is 302 g/mol. The van der Waals surface area contributed by atoms with Crippen molar-refractivity contribution in [1.82, 2.24) is 5.43 Å². The quantitative estimate of drug-likeness (QED) is 0.568. The van der Waals surface area contributed by atoms with Crippen LogP contribution in [0.1, 0.15) is 28.4 Å². The van der Waals surface area contributed by atoms with Crippen molar-refractivity contribution in [3.63, 3.8) is 0 Å². The SMILES string of the molecule is C/C(=N\NC(=O)c1cccc2ccccc12)c1ccc(C)cc1. The fraction of sp³-hybridized carbons (Fsp3) is 0.100. The Hall–Kier alpha value is -2.94. The third kappa shape index (κ3) is 3.29. The zero-order valence-corrected chi connectivity index (χ0v) is 13.2. The molecule has 23 heavy (non-hydrogen) atoms. The predicted molar refractivity (Wildman–Crippen MR) is 94.8 cm³/mol. The molecule has 0 aromatic heterocycles. The Morgan fingerprint density at radius 2 is 1.61 bits per heavy atom. The summed E-state index contributed by atoms with van der Waals surface area (Å²) < 4.78 is 0. The Bertz CT molecular complexity index is 874. The number of amides is 1. The minimum Gasteiger partial charge on any atom is -0.267 e. The summed E-state index contributed by atoms with van der Waals surface area (Å²) >= 11 is 0. The Morgan fingerprint density at radius 3 is 2.39 bits per heavy atom. The number of aryl methyl sites for hydroxylation is 1. The van der Waals surface area contributed by atoms with Crippen molar-refractivity contribution in [2.75, 3.05) is 0 Å². The zero-order valence-electron chi connectivity index (χ0n) is 13.2. The molecule has 0 aliphatic rings. The largest absolute Gasteiger partial charge is 0.272 e. The second-order valence-electron chi connectivity index (χ2n) is 5.53. The average molecular weight is 302 g/mol. The summed E-state index contributed by atoms with van der Waals surface area (Å²) in [5, 5.41) is 6.19. The van der Waals surface area contributed by atoms with Crippen LogP contribution < -0.4 is 5.43 Å². The van der Waals surface area contributed by atoms with Crippen molar-refractivity contribution in [2.24, 2.45) is 5.10 Å². The maximum absolute atomic E-state index is 12.4. The standard InChI is InChI=1S/C20H18N2O/c1-14-10-12-16(13-11-14)15(2)21-22-20(23)19-9-5-7-17-6-3-4-8-18(17)19/h3-13H,1-2H3,(H,22,23)/b21-15+. The van der Waals surface area contributed by atoms with Gasteiger partial charge in [0.1, 0.15) is 0 Å². The molecule has 3 heteroatoms. The Labute approximate surface area is 135 Å². The molecule has 3 rings (SSSR count). The summed E-state index contributed by atoms with van der Waals surface area (Å²) in [4.78, 5) is 12.4. The number of hydrazone groups is 1. The van der Waals surface area contributed by atoms with E-state index in [1.54, 1.807) is 0 Å². The molecule has 0 saturated carbocycles. The molecule has 0 aliphatic carbocycles. The van der Waals surface area contributed by atoms with Gasteiger partial charge in [0.2, 0.25) is 0 Å². The minimum absolute atomic E-state index is 0.201. The van der Waals surface area contributed by atoms with Gasteiger partial charge in [-0.25, -0.2) is 5.43 Å². The van der Waals surface area contributed by atoms with Gasteiger partial charge in [0.15, 0.2) is 0 Å². The Morgan fingerprint density at radius 1 is 0.913 bits per heavy atom.